The Hall–Kier alpha value is -0.790. The van der Waals surface area contributed by atoms with Crippen molar-refractivity contribution in [2.24, 2.45) is 17.8 Å². The maximum Gasteiger partial charge on any atom is 0.219 e. The summed E-state index contributed by atoms with van der Waals surface area (Å²) in [4.78, 5) is 13.7. The number of hydrogen-bond donors (Lipinski definition) is 0. The molecule has 0 aromatic carbocycles. The summed E-state index contributed by atoms with van der Waals surface area (Å²) in [5.74, 6) is 2.77. The van der Waals surface area contributed by atoms with Crippen molar-refractivity contribution in [2.45, 2.75) is 52.4 Å². The molecule has 0 radical (unpaired) electrons. The van der Waals surface area contributed by atoms with Gasteiger partial charge in [0.25, 0.3) is 0 Å². The molecule has 2 nitrogen and oxygen atoms in total. The summed E-state index contributed by atoms with van der Waals surface area (Å²) < 4.78 is 0. The normalized spacial score (nSPS) is 26.6. The molecule has 0 saturated heterocycles. The van der Waals surface area contributed by atoms with Crippen LogP contribution in [0.5, 0.6) is 0 Å². The second kappa shape index (κ2) is 6.40. The van der Waals surface area contributed by atoms with Crippen LogP contribution in [0.15, 0.2) is 12.2 Å². The highest BCUT2D eigenvalue weighted by atomic mass is 16.2. The maximum absolute atomic E-state index is 11.6. The van der Waals surface area contributed by atoms with E-state index in [1.165, 1.54) is 32.1 Å². The molecule has 0 bridgehead atoms. The molecule has 0 unspecified atom stereocenters. The first-order valence-corrected chi connectivity index (χ1v) is 7.61. The Labute approximate surface area is 111 Å². The summed E-state index contributed by atoms with van der Waals surface area (Å²) in [6.07, 6.45) is 12.3. The highest BCUT2D eigenvalue weighted by Crippen LogP contribution is 2.43. The van der Waals surface area contributed by atoms with E-state index >= 15 is 0 Å². The van der Waals surface area contributed by atoms with Crippen molar-refractivity contribution in [3.8, 4) is 0 Å². The van der Waals surface area contributed by atoms with Gasteiger partial charge in [-0.15, -0.1) is 0 Å². The predicted octanol–water partition coefficient (Wildman–Crippen LogP) is 3.63. The van der Waals surface area contributed by atoms with Crippen LogP contribution < -0.4 is 0 Å². The van der Waals surface area contributed by atoms with Gasteiger partial charge in [-0.3, -0.25) is 4.79 Å². The van der Waals surface area contributed by atoms with Crippen LogP contribution in [0, 0.1) is 17.8 Å². The summed E-state index contributed by atoms with van der Waals surface area (Å²) >= 11 is 0. The van der Waals surface area contributed by atoms with Crippen molar-refractivity contribution in [1.29, 1.82) is 0 Å². The van der Waals surface area contributed by atoms with Gasteiger partial charge < -0.3 is 4.90 Å². The van der Waals surface area contributed by atoms with E-state index in [-0.39, 0.29) is 5.91 Å². The number of hydrogen-bond acceptors (Lipinski definition) is 1. The van der Waals surface area contributed by atoms with Crippen LogP contribution in [0.1, 0.15) is 52.4 Å². The SMILES string of the molecule is CC/C=C\CC[C@H]1C[C@H]1CN(CC1CC1)C(C)=O. The van der Waals surface area contributed by atoms with Gasteiger partial charge in [-0.25, -0.2) is 0 Å². The quantitative estimate of drug-likeness (QED) is 0.602. The van der Waals surface area contributed by atoms with Crippen molar-refractivity contribution < 1.29 is 4.79 Å². The van der Waals surface area contributed by atoms with Crippen molar-refractivity contribution in [1.82, 2.24) is 4.90 Å². The van der Waals surface area contributed by atoms with Crippen LogP contribution in [0.25, 0.3) is 0 Å². The molecule has 102 valence electrons. The van der Waals surface area contributed by atoms with Gasteiger partial charge in [-0.2, -0.15) is 0 Å². The largest absolute Gasteiger partial charge is 0.342 e. The average molecular weight is 249 g/mol. The minimum absolute atomic E-state index is 0.276. The number of allylic oxidation sites excluding steroid dienone is 2. The topological polar surface area (TPSA) is 20.3 Å². The lowest BCUT2D eigenvalue weighted by Gasteiger charge is -2.20. The average Bonchev–Trinajstić information content (AvgIpc) is 3.21. The smallest absolute Gasteiger partial charge is 0.219 e. The zero-order chi connectivity index (χ0) is 13.0. The van der Waals surface area contributed by atoms with Crippen LogP contribution in [-0.2, 0) is 4.79 Å². The van der Waals surface area contributed by atoms with E-state index in [0.29, 0.717) is 0 Å². The van der Waals surface area contributed by atoms with Gasteiger partial charge in [0, 0.05) is 20.0 Å². The van der Waals surface area contributed by atoms with Crippen molar-refractivity contribution in [3.63, 3.8) is 0 Å². The highest BCUT2D eigenvalue weighted by molar-refractivity contribution is 5.73. The minimum atomic E-state index is 0.276. The molecule has 2 aliphatic carbocycles. The third kappa shape index (κ3) is 4.47. The van der Waals surface area contributed by atoms with Gasteiger partial charge in [0.2, 0.25) is 5.91 Å². The molecule has 2 aliphatic rings. The zero-order valence-electron chi connectivity index (χ0n) is 11.9. The fraction of sp³-hybridized carbons (Fsp3) is 0.812. The van der Waals surface area contributed by atoms with Gasteiger partial charge >= 0.3 is 0 Å². The number of amides is 1. The first-order chi connectivity index (χ1) is 8.70. The molecule has 0 aliphatic heterocycles. The number of nitrogens with zero attached hydrogens (tertiary/aromatic N) is 1. The third-order valence-electron chi connectivity index (χ3n) is 4.25. The summed E-state index contributed by atoms with van der Waals surface area (Å²) in [5, 5.41) is 0. The monoisotopic (exact) mass is 249 g/mol. The summed E-state index contributed by atoms with van der Waals surface area (Å²) in [5.41, 5.74) is 0. The van der Waals surface area contributed by atoms with E-state index in [2.05, 4.69) is 24.0 Å². The molecule has 0 spiro atoms. The van der Waals surface area contributed by atoms with E-state index in [1.807, 2.05) is 0 Å². The van der Waals surface area contributed by atoms with Crippen molar-refractivity contribution in [2.75, 3.05) is 13.1 Å². The Balaban J connectivity index is 1.63. The van der Waals surface area contributed by atoms with Gasteiger partial charge in [0.05, 0.1) is 0 Å². The van der Waals surface area contributed by atoms with Gasteiger partial charge in [-0.05, 0) is 56.3 Å². The first-order valence-electron chi connectivity index (χ1n) is 7.61. The molecule has 0 aromatic rings. The summed E-state index contributed by atoms with van der Waals surface area (Å²) in [6, 6.07) is 0. The van der Waals surface area contributed by atoms with E-state index < -0.39 is 0 Å². The van der Waals surface area contributed by atoms with E-state index in [1.54, 1.807) is 6.92 Å². The van der Waals surface area contributed by atoms with Crippen LogP contribution in [0.2, 0.25) is 0 Å². The predicted molar refractivity (Wildman–Crippen MR) is 75.2 cm³/mol. The number of rotatable bonds is 8. The van der Waals surface area contributed by atoms with E-state index in [0.717, 1.165) is 37.3 Å². The molecule has 0 N–H and O–H groups in total. The Bertz CT molecular complexity index is 306. The Morgan fingerprint density at radius 1 is 1.22 bits per heavy atom. The summed E-state index contributed by atoms with van der Waals surface area (Å²) in [6.45, 7) is 5.95. The zero-order valence-corrected chi connectivity index (χ0v) is 11.9. The minimum Gasteiger partial charge on any atom is -0.342 e. The standard InChI is InChI=1S/C16H27NO/c1-3-4-5-6-7-15-10-16(15)12-17(13(2)18)11-14-8-9-14/h4-5,14-16H,3,6-12H2,1-2H3/b5-4-/t15-,16-/m0/s1. The van der Waals surface area contributed by atoms with Gasteiger partial charge in [0.15, 0.2) is 0 Å². The Morgan fingerprint density at radius 3 is 2.61 bits per heavy atom. The molecule has 2 fully saturated rings. The van der Waals surface area contributed by atoms with Gasteiger partial charge in [0.1, 0.15) is 0 Å². The molecule has 0 heterocycles. The first kappa shape index (κ1) is 13.6. The van der Waals surface area contributed by atoms with E-state index in [9.17, 15) is 4.79 Å². The van der Waals surface area contributed by atoms with Crippen molar-refractivity contribution >= 4 is 5.91 Å². The highest BCUT2D eigenvalue weighted by Gasteiger charge is 2.38. The molecule has 2 rings (SSSR count). The fourth-order valence-corrected chi connectivity index (χ4v) is 2.71. The molecule has 1 amide bonds. The molecule has 0 aromatic heterocycles. The lowest BCUT2D eigenvalue weighted by Crippen LogP contribution is -2.33. The number of carbonyl (C=O) groups excluding carboxylic acids is 1. The fourth-order valence-electron chi connectivity index (χ4n) is 2.71. The molecule has 2 atom stereocenters. The van der Waals surface area contributed by atoms with Gasteiger partial charge in [-0.1, -0.05) is 19.1 Å². The molecule has 2 heteroatoms. The lowest BCUT2D eigenvalue weighted by molar-refractivity contribution is -0.129. The number of carbonyl (C=O) groups is 1. The van der Waals surface area contributed by atoms with E-state index in [4.69, 9.17) is 0 Å². The molecule has 2 saturated carbocycles. The molecular weight excluding hydrogens is 222 g/mol. The molecule has 18 heavy (non-hydrogen) atoms. The van der Waals surface area contributed by atoms with Crippen LogP contribution >= 0.6 is 0 Å². The van der Waals surface area contributed by atoms with Crippen LogP contribution in [0.3, 0.4) is 0 Å². The Kier molecular flexibility index (Phi) is 4.85. The summed E-state index contributed by atoms with van der Waals surface area (Å²) in [7, 11) is 0. The van der Waals surface area contributed by atoms with Crippen molar-refractivity contribution in [3.05, 3.63) is 12.2 Å². The van der Waals surface area contributed by atoms with Crippen LogP contribution in [-0.4, -0.2) is 23.9 Å². The lowest BCUT2D eigenvalue weighted by atomic mass is 10.1. The molecular formula is C16H27NO. The second-order valence-electron chi connectivity index (χ2n) is 6.08. The van der Waals surface area contributed by atoms with Crippen LogP contribution in [0.4, 0.5) is 0 Å². The Morgan fingerprint density at radius 2 is 2.00 bits per heavy atom. The maximum atomic E-state index is 11.6. The second-order valence-corrected chi connectivity index (χ2v) is 6.08. The third-order valence-corrected chi connectivity index (χ3v) is 4.25.